The Labute approximate surface area is 209 Å². The van der Waals surface area contributed by atoms with Crippen molar-refractivity contribution < 1.29 is 41.0 Å². The molecule has 0 amide bonds. The first-order chi connectivity index (χ1) is 16.9. The van der Waals surface area contributed by atoms with Crippen LogP contribution < -0.4 is 9.47 Å². The van der Waals surface area contributed by atoms with Crippen molar-refractivity contribution in [2.24, 2.45) is 0 Å². The molecule has 198 valence electrons. The van der Waals surface area contributed by atoms with Crippen molar-refractivity contribution >= 4 is 16.0 Å². The number of piperidine rings is 1. The maximum absolute atomic E-state index is 14.6. The Balaban J connectivity index is 1.62. The molecule has 0 spiro atoms. The summed E-state index contributed by atoms with van der Waals surface area (Å²) in [5.74, 6) is -1.75. The molecule has 0 atom stereocenters. The Morgan fingerprint density at radius 3 is 2.50 bits per heavy atom. The number of benzene rings is 1. The van der Waals surface area contributed by atoms with Crippen LogP contribution in [0.25, 0.3) is 0 Å². The molecule has 2 aromatic rings. The predicted octanol–water partition coefficient (Wildman–Crippen LogP) is 4.37. The second-order valence-electron chi connectivity index (χ2n) is 8.85. The number of halogens is 2. The van der Waals surface area contributed by atoms with E-state index in [1.54, 1.807) is 26.8 Å². The van der Waals surface area contributed by atoms with Crippen molar-refractivity contribution in [3.8, 4) is 17.4 Å². The Bertz CT molecular complexity index is 1180. The first-order valence-electron chi connectivity index (χ1n) is 11.5. The van der Waals surface area contributed by atoms with Crippen LogP contribution in [0, 0.1) is 18.6 Å². The second kappa shape index (κ2) is 11.8. The summed E-state index contributed by atoms with van der Waals surface area (Å²) < 4.78 is 68.3. The minimum Gasteiger partial charge on any atom is -0.490 e. The number of carbonyl (C=O) groups is 1. The molecule has 0 saturated carbocycles. The third-order valence-electron chi connectivity index (χ3n) is 5.39. The predicted molar refractivity (Wildman–Crippen MR) is 127 cm³/mol. The quantitative estimate of drug-likeness (QED) is 0.439. The molecule has 0 aliphatic carbocycles. The third-order valence-corrected chi connectivity index (χ3v) is 6.33. The number of hydrogen-bond acceptors (Lipinski definition) is 9. The molecular weight excluding hydrogens is 498 g/mol. The molecule has 1 aromatic heterocycles. The standard InChI is InChI=1S/C24H30F2N2O7S/c1-15(2)32-24(29)35-28-10-6-18(7-11-28)33-21-5-9-27-23(16(21)3)34-22-14-19(25)17(13-20(22)26)8-12-36(4,30)31/h5,9,13-15,18H,6-8,10-12H2,1-4H3. The number of pyridine rings is 1. The van der Waals surface area contributed by atoms with Crippen molar-refractivity contribution in [2.45, 2.75) is 52.2 Å². The van der Waals surface area contributed by atoms with E-state index in [1.165, 1.54) is 11.3 Å². The van der Waals surface area contributed by atoms with E-state index in [1.807, 2.05) is 0 Å². The van der Waals surface area contributed by atoms with Gasteiger partial charge in [-0.1, -0.05) is 0 Å². The molecule has 0 unspecified atom stereocenters. The van der Waals surface area contributed by atoms with Crippen molar-refractivity contribution in [2.75, 3.05) is 25.1 Å². The summed E-state index contributed by atoms with van der Waals surface area (Å²) in [6.07, 6.45) is 2.31. The summed E-state index contributed by atoms with van der Waals surface area (Å²) in [5.41, 5.74) is 0.442. The van der Waals surface area contributed by atoms with Gasteiger partial charge in [0.1, 0.15) is 27.5 Å². The maximum Gasteiger partial charge on any atom is 0.528 e. The molecule has 12 heteroatoms. The molecule has 0 radical (unpaired) electrons. The number of sulfone groups is 1. The summed E-state index contributed by atoms with van der Waals surface area (Å²) in [4.78, 5) is 20.9. The number of nitrogens with zero attached hydrogens (tertiary/aromatic N) is 2. The van der Waals surface area contributed by atoms with Crippen LogP contribution in [0.1, 0.15) is 37.8 Å². The van der Waals surface area contributed by atoms with E-state index in [9.17, 15) is 22.0 Å². The first-order valence-corrected chi connectivity index (χ1v) is 13.6. The van der Waals surface area contributed by atoms with Gasteiger partial charge < -0.3 is 19.0 Å². The molecule has 36 heavy (non-hydrogen) atoms. The Morgan fingerprint density at radius 2 is 1.86 bits per heavy atom. The van der Waals surface area contributed by atoms with Crippen LogP contribution in [0.2, 0.25) is 0 Å². The van der Waals surface area contributed by atoms with Crippen LogP contribution in [0.3, 0.4) is 0 Å². The van der Waals surface area contributed by atoms with E-state index in [4.69, 9.17) is 19.0 Å². The molecule has 2 heterocycles. The van der Waals surface area contributed by atoms with Gasteiger partial charge in [0.15, 0.2) is 11.6 Å². The smallest absolute Gasteiger partial charge is 0.490 e. The highest BCUT2D eigenvalue weighted by Crippen LogP contribution is 2.33. The lowest BCUT2D eigenvalue weighted by Gasteiger charge is -2.30. The molecule has 1 aliphatic rings. The summed E-state index contributed by atoms with van der Waals surface area (Å²) in [5, 5.41) is 1.52. The van der Waals surface area contributed by atoms with Gasteiger partial charge in [-0.05, 0) is 44.9 Å². The molecule has 0 bridgehead atoms. The van der Waals surface area contributed by atoms with E-state index in [-0.39, 0.29) is 41.6 Å². The van der Waals surface area contributed by atoms with Crippen LogP contribution in [0.15, 0.2) is 24.4 Å². The fraction of sp³-hybridized carbons (Fsp3) is 0.500. The zero-order chi connectivity index (χ0) is 26.5. The Morgan fingerprint density at radius 1 is 1.17 bits per heavy atom. The zero-order valence-corrected chi connectivity index (χ0v) is 21.4. The Hall–Kier alpha value is -2.99. The summed E-state index contributed by atoms with van der Waals surface area (Å²) in [6.45, 7) is 6.08. The van der Waals surface area contributed by atoms with Gasteiger partial charge >= 0.3 is 6.16 Å². The van der Waals surface area contributed by atoms with Crippen LogP contribution in [-0.2, 0) is 25.8 Å². The van der Waals surface area contributed by atoms with Gasteiger partial charge in [0, 0.05) is 44.5 Å². The first kappa shape index (κ1) is 27.6. The molecule has 9 nitrogen and oxygen atoms in total. The van der Waals surface area contributed by atoms with Gasteiger partial charge in [-0.25, -0.2) is 27.0 Å². The van der Waals surface area contributed by atoms with E-state index in [0.29, 0.717) is 37.2 Å². The lowest BCUT2D eigenvalue weighted by atomic mass is 10.1. The normalized spacial score (nSPS) is 15.1. The third kappa shape index (κ3) is 8.02. The van der Waals surface area contributed by atoms with Gasteiger partial charge in [0.2, 0.25) is 5.88 Å². The zero-order valence-electron chi connectivity index (χ0n) is 20.6. The Kier molecular flexibility index (Phi) is 9.07. The van der Waals surface area contributed by atoms with E-state index >= 15 is 0 Å². The molecule has 1 aliphatic heterocycles. The molecule has 0 N–H and O–H groups in total. The van der Waals surface area contributed by atoms with Crippen LogP contribution >= 0.6 is 0 Å². The minimum absolute atomic E-state index is 0.0480. The SMILES string of the molecule is Cc1c(OC2CCN(OC(=O)OC(C)C)CC2)ccnc1Oc1cc(F)c(CCS(C)(=O)=O)cc1F. The topological polar surface area (TPSA) is 104 Å². The average Bonchev–Trinajstić information content (AvgIpc) is 2.78. The van der Waals surface area contributed by atoms with Crippen molar-refractivity contribution in [3.63, 3.8) is 0 Å². The van der Waals surface area contributed by atoms with Gasteiger partial charge in [-0.2, -0.15) is 0 Å². The van der Waals surface area contributed by atoms with Crippen molar-refractivity contribution in [3.05, 3.63) is 47.2 Å². The number of hydrogen-bond donors (Lipinski definition) is 0. The lowest BCUT2D eigenvalue weighted by molar-refractivity contribution is -0.151. The van der Waals surface area contributed by atoms with Gasteiger partial charge in [-0.15, -0.1) is 5.06 Å². The highest BCUT2D eigenvalue weighted by atomic mass is 32.2. The fourth-order valence-corrected chi connectivity index (χ4v) is 4.10. The lowest BCUT2D eigenvalue weighted by Crippen LogP contribution is -2.40. The number of carbonyl (C=O) groups excluding carboxylic acids is 1. The number of aryl methyl sites for hydroxylation is 1. The van der Waals surface area contributed by atoms with Gasteiger partial charge in [0.25, 0.3) is 0 Å². The number of hydroxylamine groups is 2. The van der Waals surface area contributed by atoms with Gasteiger partial charge in [0.05, 0.1) is 17.4 Å². The summed E-state index contributed by atoms with van der Waals surface area (Å²) >= 11 is 0. The molecular formula is C24H30F2N2O7S. The van der Waals surface area contributed by atoms with Crippen molar-refractivity contribution in [1.82, 2.24) is 10.0 Å². The summed E-state index contributed by atoms with van der Waals surface area (Å²) in [7, 11) is -3.32. The van der Waals surface area contributed by atoms with Crippen LogP contribution in [0.5, 0.6) is 17.4 Å². The maximum atomic E-state index is 14.6. The number of ether oxygens (including phenoxy) is 3. The van der Waals surface area contributed by atoms with E-state index < -0.39 is 27.6 Å². The highest BCUT2D eigenvalue weighted by Gasteiger charge is 2.25. The van der Waals surface area contributed by atoms with E-state index in [2.05, 4.69) is 4.98 Å². The summed E-state index contributed by atoms with van der Waals surface area (Å²) in [6, 6.07) is 3.45. The minimum atomic E-state index is -3.32. The van der Waals surface area contributed by atoms with Gasteiger partial charge in [-0.3, -0.25) is 0 Å². The van der Waals surface area contributed by atoms with Crippen molar-refractivity contribution in [1.29, 1.82) is 0 Å². The number of rotatable bonds is 9. The molecule has 1 fully saturated rings. The van der Waals surface area contributed by atoms with E-state index in [0.717, 1.165) is 18.4 Å². The monoisotopic (exact) mass is 528 g/mol. The van der Waals surface area contributed by atoms with Crippen LogP contribution in [-0.4, -0.2) is 61.9 Å². The highest BCUT2D eigenvalue weighted by molar-refractivity contribution is 7.90. The molecule has 1 saturated heterocycles. The molecule has 3 rings (SSSR count). The van der Waals surface area contributed by atoms with Crippen LogP contribution in [0.4, 0.5) is 13.6 Å². The average molecular weight is 529 g/mol. The number of aromatic nitrogens is 1. The largest absolute Gasteiger partial charge is 0.528 e. The molecule has 1 aromatic carbocycles. The second-order valence-corrected chi connectivity index (χ2v) is 11.1. The fourth-order valence-electron chi connectivity index (χ4n) is 3.51.